The van der Waals surface area contributed by atoms with Crippen molar-refractivity contribution in [1.82, 2.24) is 4.67 Å². The molecule has 0 aromatic carbocycles. The molecule has 1 fully saturated rings. The van der Waals surface area contributed by atoms with Crippen LogP contribution in [0.1, 0.15) is 71.6 Å². The van der Waals surface area contributed by atoms with Crippen LogP contribution in [0.3, 0.4) is 0 Å². The number of unbranched alkanes of at least 4 members (excludes halogenated alkanes) is 4. The molecule has 0 aromatic rings. The minimum Gasteiger partial charge on any atom is -0.297 e. The first-order valence-electron chi connectivity index (χ1n) is 8.37. The summed E-state index contributed by atoms with van der Waals surface area (Å²) < 4.78 is 26.4. The number of nitrogens with zero attached hydrogens (tertiary/aromatic N) is 1. The van der Waals surface area contributed by atoms with Crippen LogP contribution in [-0.2, 0) is 13.6 Å². The van der Waals surface area contributed by atoms with E-state index in [0.29, 0.717) is 13.2 Å². The third kappa shape index (κ3) is 6.71. The summed E-state index contributed by atoms with van der Waals surface area (Å²) in [7, 11) is -3.04. The SMILES string of the molecule is CCCCCOP(=O)(OCCCCC)N1CCCCC1. The average Bonchev–Trinajstić information content (AvgIpc) is 2.49. The lowest BCUT2D eigenvalue weighted by Crippen LogP contribution is -2.29. The summed E-state index contributed by atoms with van der Waals surface area (Å²) in [6.45, 7) is 7.11. The van der Waals surface area contributed by atoms with Crippen LogP contribution in [0.4, 0.5) is 0 Å². The van der Waals surface area contributed by atoms with Crippen LogP contribution in [0.5, 0.6) is 0 Å². The van der Waals surface area contributed by atoms with E-state index in [4.69, 9.17) is 9.05 Å². The molecule has 0 spiro atoms. The van der Waals surface area contributed by atoms with Crippen molar-refractivity contribution in [3.8, 4) is 0 Å². The van der Waals surface area contributed by atoms with Gasteiger partial charge in [0.2, 0.25) is 0 Å². The molecule has 0 aliphatic carbocycles. The fourth-order valence-electron chi connectivity index (χ4n) is 2.39. The Morgan fingerprint density at radius 3 is 1.80 bits per heavy atom. The maximum Gasteiger partial charge on any atom is 0.408 e. The van der Waals surface area contributed by atoms with E-state index in [2.05, 4.69) is 13.8 Å². The van der Waals surface area contributed by atoms with E-state index in [0.717, 1.165) is 64.5 Å². The van der Waals surface area contributed by atoms with Crippen molar-refractivity contribution in [3.05, 3.63) is 0 Å². The zero-order chi connectivity index (χ0) is 14.7. The average molecular weight is 305 g/mol. The Labute approximate surface area is 124 Å². The Morgan fingerprint density at radius 1 is 0.850 bits per heavy atom. The predicted molar refractivity (Wildman–Crippen MR) is 84.0 cm³/mol. The van der Waals surface area contributed by atoms with Crippen LogP contribution in [0, 0.1) is 0 Å². The van der Waals surface area contributed by atoms with Gasteiger partial charge in [0, 0.05) is 13.1 Å². The highest BCUT2D eigenvalue weighted by atomic mass is 31.2. The zero-order valence-corrected chi connectivity index (χ0v) is 14.2. The van der Waals surface area contributed by atoms with E-state index in [9.17, 15) is 4.57 Å². The molecular weight excluding hydrogens is 273 g/mol. The first-order valence-corrected chi connectivity index (χ1v) is 9.87. The Bertz CT molecular complexity index is 264. The predicted octanol–water partition coefficient (Wildman–Crippen LogP) is 4.99. The highest BCUT2D eigenvalue weighted by Crippen LogP contribution is 2.53. The Hall–Kier alpha value is 0.110. The Balaban J connectivity index is 2.44. The molecule has 0 bridgehead atoms. The number of hydrogen-bond donors (Lipinski definition) is 0. The van der Waals surface area contributed by atoms with Gasteiger partial charge in [-0.15, -0.1) is 0 Å². The van der Waals surface area contributed by atoms with E-state index >= 15 is 0 Å². The summed E-state index contributed by atoms with van der Waals surface area (Å²) in [5.74, 6) is 0. The van der Waals surface area contributed by atoms with Crippen LogP contribution in [0.25, 0.3) is 0 Å². The maximum absolute atomic E-state index is 13.0. The lowest BCUT2D eigenvalue weighted by molar-refractivity contribution is 0.144. The lowest BCUT2D eigenvalue weighted by atomic mass is 10.2. The van der Waals surface area contributed by atoms with Crippen molar-refractivity contribution in [2.75, 3.05) is 26.3 Å². The van der Waals surface area contributed by atoms with Crippen LogP contribution in [-0.4, -0.2) is 31.0 Å². The van der Waals surface area contributed by atoms with Gasteiger partial charge in [0.25, 0.3) is 0 Å². The molecule has 1 aliphatic rings. The molecule has 0 atom stereocenters. The number of hydrogen-bond acceptors (Lipinski definition) is 3. The normalized spacial score (nSPS) is 17.5. The summed E-state index contributed by atoms with van der Waals surface area (Å²) in [4.78, 5) is 0. The van der Waals surface area contributed by atoms with Gasteiger partial charge >= 0.3 is 7.75 Å². The molecule has 20 heavy (non-hydrogen) atoms. The first kappa shape index (κ1) is 18.2. The van der Waals surface area contributed by atoms with Crippen molar-refractivity contribution < 1.29 is 13.6 Å². The number of rotatable bonds is 11. The quantitative estimate of drug-likeness (QED) is 0.398. The number of piperidine rings is 1. The molecule has 1 heterocycles. The fraction of sp³-hybridized carbons (Fsp3) is 1.00. The van der Waals surface area contributed by atoms with Crippen LogP contribution in [0.2, 0.25) is 0 Å². The topological polar surface area (TPSA) is 38.8 Å². The van der Waals surface area contributed by atoms with Gasteiger partial charge < -0.3 is 0 Å². The molecule has 4 nitrogen and oxygen atoms in total. The van der Waals surface area contributed by atoms with E-state index in [1.54, 1.807) is 0 Å². The minimum atomic E-state index is -3.04. The van der Waals surface area contributed by atoms with Crippen LogP contribution >= 0.6 is 7.75 Å². The molecule has 0 amide bonds. The van der Waals surface area contributed by atoms with Gasteiger partial charge in [-0.25, -0.2) is 9.24 Å². The summed E-state index contributed by atoms with van der Waals surface area (Å²) in [5.41, 5.74) is 0. The van der Waals surface area contributed by atoms with Gasteiger partial charge in [0.05, 0.1) is 13.2 Å². The van der Waals surface area contributed by atoms with Gasteiger partial charge in [-0.3, -0.25) is 9.05 Å². The van der Waals surface area contributed by atoms with Gasteiger partial charge in [0.1, 0.15) is 0 Å². The van der Waals surface area contributed by atoms with E-state index in [1.165, 1.54) is 6.42 Å². The third-order valence-electron chi connectivity index (χ3n) is 3.68. The molecule has 5 heteroatoms. The van der Waals surface area contributed by atoms with E-state index in [1.807, 2.05) is 4.67 Å². The first-order chi connectivity index (χ1) is 9.73. The monoisotopic (exact) mass is 305 g/mol. The minimum absolute atomic E-state index is 0.551. The standard InChI is InChI=1S/C15H32NO3P/c1-3-5-10-14-18-20(17,19-15-11-6-4-2)16-12-8-7-9-13-16/h3-15H2,1-2H3. The highest BCUT2D eigenvalue weighted by Gasteiger charge is 2.34. The maximum atomic E-state index is 13.0. The smallest absolute Gasteiger partial charge is 0.297 e. The van der Waals surface area contributed by atoms with Crippen molar-refractivity contribution in [3.63, 3.8) is 0 Å². The van der Waals surface area contributed by atoms with Crippen LogP contribution < -0.4 is 0 Å². The molecular formula is C15H32NO3P. The van der Waals surface area contributed by atoms with Gasteiger partial charge in [0.15, 0.2) is 0 Å². The highest BCUT2D eigenvalue weighted by molar-refractivity contribution is 7.51. The summed E-state index contributed by atoms with van der Waals surface area (Å²) >= 11 is 0. The lowest BCUT2D eigenvalue weighted by Gasteiger charge is -2.32. The summed E-state index contributed by atoms with van der Waals surface area (Å²) in [6, 6.07) is 0. The van der Waals surface area contributed by atoms with Crippen molar-refractivity contribution >= 4 is 7.75 Å². The van der Waals surface area contributed by atoms with Crippen molar-refractivity contribution in [1.29, 1.82) is 0 Å². The molecule has 0 radical (unpaired) electrons. The van der Waals surface area contributed by atoms with Crippen molar-refractivity contribution in [2.45, 2.75) is 71.6 Å². The largest absolute Gasteiger partial charge is 0.408 e. The molecule has 120 valence electrons. The van der Waals surface area contributed by atoms with E-state index < -0.39 is 7.75 Å². The molecule has 0 N–H and O–H groups in total. The van der Waals surface area contributed by atoms with E-state index in [-0.39, 0.29) is 0 Å². The zero-order valence-electron chi connectivity index (χ0n) is 13.3. The molecule has 1 rings (SSSR count). The summed E-state index contributed by atoms with van der Waals surface area (Å²) in [5, 5.41) is 0. The second-order valence-electron chi connectivity index (χ2n) is 5.56. The molecule has 1 saturated heterocycles. The summed E-state index contributed by atoms with van der Waals surface area (Å²) in [6.07, 6.45) is 9.89. The van der Waals surface area contributed by atoms with Crippen LogP contribution in [0.15, 0.2) is 0 Å². The molecule has 0 aromatic heterocycles. The molecule has 1 aliphatic heterocycles. The van der Waals surface area contributed by atoms with Crippen molar-refractivity contribution in [2.24, 2.45) is 0 Å². The van der Waals surface area contributed by atoms with Gasteiger partial charge in [-0.1, -0.05) is 46.0 Å². The fourth-order valence-corrected chi connectivity index (χ4v) is 4.28. The Morgan fingerprint density at radius 2 is 1.35 bits per heavy atom. The van der Waals surface area contributed by atoms with Gasteiger partial charge in [-0.2, -0.15) is 0 Å². The third-order valence-corrected chi connectivity index (χ3v) is 5.79. The second kappa shape index (κ2) is 10.8. The Kier molecular flexibility index (Phi) is 9.79. The van der Waals surface area contributed by atoms with Gasteiger partial charge in [-0.05, 0) is 25.7 Å². The molecule has 0 unspecified atom stereocenters. The molecule has 0 saturated carbocycles. The second-order valence-corrected chi connectivity index (χ2v) is 7.58.